The minimum absolute atomic E-state index is 0.0169. The fraction of sp³-hybridized carbons (Fsp3) is 0.920. The lowest BCUT2D eigenvalue weighted by Crippen LogP contribution is -2.45. The molecule has 6 nitrogen and oxygen atoms in total. The van der Waals surface area contributed by atoms with Gasteiger partial charge in [0.15, 0.2) is 0 Å². The van der Waals surface area contributed by atoms with Crippen LogP contribution in [0.15, 0.2) is 12.2 Å². The first-order valence-electron chi connectivity index (χ1n) is 25.0. The van der Waals surface area contributed by atoms with Gasteiger partial charge in [0.1, 0.15) is 0 Å². The summed E-state index contributed by atoms with van der Waals surface area (Å²) in [5.74, 6) is -0.108. The molecule has 0 aliphatic heterocycles. The maximum atomic E-state index is 12.4. The predicted molar refractivity (Wildman–Crippen MR) is 241 cm³/mol. The van der Waals surface area contributed by atoms with Crippen molar-refractivity contribution in [1.82, 2.24) is 5.32 Å². The molecule has 56 heavy (non-hydrogen) atoms. The molecular formula is C50H97NO5. The molecule has 0 radical (unpaired) electrons. The molecule has 0 fully saturated rings. The van der Waals surface area contributed by atoms with Crippen LogP contribution in [0.2, 0.25) is 0 Å². The number of unbranched alkanes of at least 4 members (excludes halogenated alkanes) is 35. The average molecular weight is 792 g/mol. The smallest absolute Gasteiger partial charge is 0.305 e. The van der Waals surface area contributed by atoms with Crippen molar-refractivity contribution >= 4 is 11.9 Å². The molecule has 0 rings (SSSR count). The molecule has 0 aromatic rings. The first-order chi connectivity index (χ1) is 27.5. The third-order valence-electron chi connectivity index (χ3n) is 11.6. The molecule has 332 valence electrons. The molecule has 6 heteroatoms. The molecule has 0 saturated carbocycles. The quantitative estimate of drug-likeness (QED) is 0.0324. The van der Waals surface area contributed by atoms with E-state index in [2.05, 4.69) is 19.2 Å². The highest BCUT2D eigenvalue weighted by Crippen LogP contribution is 2.16. The minimum Gasteiger partial charge on any atom is -0.466 e. The van der Waals surface area contributed by atoms with Gasteiger partial charge in [-0.2, -0.15) is 0 Å². The maximum Gasteiger partial charge on any atom is 0.305 e. The molecular weight excluding hydrogens is 695 g/mol. The van der Waals surface area contributed by atoms with Gasteiger partial charge in [-0.1, -0.05) is 238 Å². The summed E-state index contributed by atoms with van der Waals surface area (Å²) in [5, 5.41) is 22.9. The van der Waals surface area contributed by atoms with Crippen molar-refractivity contribution in [2.75, 3.05) is 13.2 Å². The maximum absolute atomic E-state index is 12.4. The normalized spacial score (nSPS) is 12.7. The number of nitrogens with one attached hydrogen (secondary N) is 1. The van der Waals surface area contributed by atoms with Crippen LogP contribution >= 0.6 is 0 Å². The molecule has 2 atom stereocenters. The van der Waals surface area contributed by atoms with Crippen LogP contribution in [0.5, 0.6) is 0 Å². The van der Waals surface area contributed by atoms with Crippen molar-refractivity contribution in [2.45, 2.75) is 283 Å². The van der Waals surface area contributed by atoms with Gasteiger partial charge in [0.25, 0.3) is 0 Å². The second-order valence-corrected chi connectivity index (χ2v) is 17.2. The summed E-state index contributed by atoms with van der Waals surface area (Å²) in [4.78, 5) is 24.4. The fourth-order valence-corrected chi connectivity index (χ4v) is 7.69. The first kappa shape index (κ1) is 54.6. The molecule has 0 bridgehead atoms. The number of hydrogen-bond donors (Lipinski definition) is 3. The zero-order chi connectivity index (χ0) is 40.8. The van der Waals surface area contributed by atoms with E-state index in [1.165, 1.54) is 186 Å². The lowest BCUT2D eigenvalue weighted by Gasteiger charge is -2.20. The Bertz CT molecular complexity index is 832. The number of hydrogen-bond acceptors (Lipinski definition) is 5. The monoisotopic (exact) mass is 792 g/mol. The van der Waals surface area contributed by atoms with E-state index in [4.69, 9.17) is 4.74 Å². The molecule has 0 heterocycles. The van der Waals surface area contributed by atoms with Crippen LogP contribution in [-0.2, 0) is 14.3 Å². The van der Waals surface area contributed by atoms with Gasteiger partial charge in [-0.25, -0.2) is 0 Å². The summed E-state index contributed by atoms with van der Waals surface area (Å²) in [5.41, 5.74) is 0. The predicted octanol–water partition coefficient (Wildman–Crippen LogP) is 14.6. The van der Waals surface area contributed by atoms with Gasteiger partial charge in [-0.3, -0.25) is 9.59 Å². The summed E-state index contributed by atoms with van der Waals surface area (Å²) in [6.45, 7) is 4.84. The number of amides is 1. The first-order valence-corrected chi connectivity index (χ1v) is 25.0. The number of aliphatic hydroxyl groups is 2. The van der Waals surface area contributed by atoms with Gasteiger partial charge in [0.05, 0.1) is 25.4 Å². The van der Waals surface area contributed by atoms with Gasteiger partial charge >= 0.3 is 5.97 Å². The summed E-state index contributed by atoms with van der Waals surface area (Å²) in [7, 11) is 0. The van der Waals surface area contributed by atoms with Crippen LogP contribution in [0.25, 0.3) is 0 Å². The molecule has 3 N–H and O–H groups in total. The van der Waals surface area contributed by atoms with Crippen LogP contribution in [-0.4, -0.2) is 47.4 Å². The SMILES string of the molecule is CCCCCCCCCCC/C=C/C(O)C(CO)NC(=O)CCCCCCCCCCCCOC(=O)CCCCCCCCCCCCCCCCCCCC. The van der Waals surface area contributed by atoms with Crippen LogP contribution < -0.4 is 5.32 Å². The van der Waals surface area contributed by atoms with E-state index < -0.39 is 12.1 Å². The fourth-order valence-electron chi connectivity index (χ4n) is 7.69. The van der Waals surface area contributed by atoms with Crippen molar-refractivity contribution in [3.63, 3.8) is 0 Å². The van der Waals surface area contributed by atoms with Gasteiger partial charge in [-0.05, 0) is 32.1 Å². The molecule has 0 aromatic heterocycles. The highest BCUT2D eigenvalue weighted by molar-refractivity contribution is 5.76. The number of carbonyl (C=O) groups excluding carboxylic acids is 2. The lowest BCUT2D eigenvalue weighted by molar-refractivity contribution is -0.143. The molecule has 0 saturated heterocycles. The summed E-state index contributed by atoms with van der Waals surface area (Å²) in [6.07, 6.45) is 52.1. The Kier molecular flexibility index (Phi) is 45.1. The molecule has 0 aliphatic rings. The summed E-state index contributed by atoms with van der Waals surface area (Å²) >= 11 is 0. The Morgan fingerprint density at radius 2 is 0.821 bits per heavy atom. The third kappa shape index (κ3) is 42.2. The number of carbonyl (C=O) groups is 2. The number of esters is 1. The van der Waals surface area contributed by atoms with Gasteiger partial charge in [0.2, 0.25) is 5.91 Å². The van der Waals surface area contributed by atoms with Crippen LogP contribution in [0.1, 0.15) is 271 Å². The zero-order valence-corrected chi connectivity index (χ0v) is 37.6. The Morgan fingerprint density at radius 3 is 1.21 bits per heavy atom. The Labute approximate surface area is 349 Å². The number of allylic oxidation sites excluding steroid dienone is 1. The van der Waals surface area contributed by atoms with E-state index >= 15 is 0 Å². The van der Waals surface area contributed by atoms with E-state index in [-0.39, 0.29) is 18.5 Å². The minimum atomic E-state index is -0.856. The molecule has 1 amide bonds. The number of aliphatic hydroxyl groups excluding tert-OH is 2. The second-order valence-electron chi connectivity index (χ2n) is 17.2. The van der Waals surface area contributed by atoms with E-state index in [0.717, 1.165) is 57.8 Å². The van der Waals surface area contributed by atoms with Gasteiger partial charge in [-0.15, -0.1) is 0 Å². The second kappa shape index (κ2) is 46.3. The van der Waals surface area contributed by atoms with Crippen molar-refractivity contribution in [3.8, 4) is 0 Å². The summed E-state index contributed by atoms with van der Waals surface area (Å²) < 4.78 is 5.46. The Morgan fingerprint density at radius 1 is 0.482 bits per heavy atom. The van der Waals surface area contributed by atoms with Crippen LogP contribution in [0.4, 0.5) is 0 Å². The number of rotatable bonds is 46. The molecule has 0 aliphatic carbocycles. The van der Waals surface area contributed by atoms with Crippen molar-refractivity contribution < 1.29 is 24.5 Å². The van der Waals surface area contributed by atoms with E-state index in [1.807, 2.05) is 6.08 Å². The summed E-state index contributed by atoms with van der Waals surface area (Å²) in [6, 6.07) is -0.641. The van der Waals surface area contributed by atoms with E-state index in [0.29, 0.717) is 19.4 Å². The molecule has 2 unspecified atom stereocenters. The average Bonchev–Trinajstić information content (AvgIpc) is 3.20. The van der Waals surface area contributed by atoms with E-state index in [9.17, 15) is 19.8 Å². The Balaban J connectivity index is 3.46. The third-order valence-corrected chi connectivity index (χ3v) is 11.6. The Hall–Kier alpha value is -1.40. The zero-order valence-electron chi connectivity index (χ0n) is 37.6. The van der Waals surface area contributed by atoms with Crippen molar-refractivity contribution in [3.05, 3.63) is 12.2 Å². The largest absolute Gasteiger partial charge is 0.466 e. The molecule has 0 spiro atoms. The van der Waals surface area contributed by atoms with Crippen LogP contribution in [0.3, 0.4) is 0 Å². The topological polar surface area (TPSA) is 95.9 Å². The van der Waals surface area contributed by atoms with Crippen LogP contribution in [0, 0.1) is 0 Å². The highest BCUT2D eigenvalue weighted by atomic mass is 16.5. The van der Waals surface area contributed by atoms with Gasteiger partial charge < -0.3 is 20.3 Å². The van der Waals surface area contributed by atoms with Crippen molar-refractivity contribution in [2.24, 2.45) is 0 Å². The highest BCUT2D eigenvalue weighted by Gasteiger charge is 2.18. The van der Waals surface area contributed by atoms with Crippen molar-refractivity contribution in [1.29, 1.82) is 0 Å². The molecule has 0 aromatic carbocycles. The van der Waals surface area contributed by atoms with Gasteiger partial charge in [0, 0.05) is 12.8 Å². The standard InChI is InChI=1S/C50H97NO5/c1-3-5-7-9-11-13-15-16-17-18-19-20-21-23-28-32-36-40-44-50(55)56-45-41-37-33-29-25-24-27-31-35-39-43-49(54)51-47(46-52)48(53)42-38-34-30-26-22-14-12-10-8-6-4-2/h38,42,47-48,52-53H,3-37,39-41,43-46H2,1-2H3,(H,51,54)/b42-38+. The number of ether oxygens (including phenoxy) is 1. The van der Waals surface area contributed by atoms with E-state index in [1.54, 1.807) is 6.08 Å². The lowest BCUT2D eigenvalue weighted by atomic mass is 10.0.